The van der Waals surface area contributed by atoms with Crippen LogP contribution in [0.4, 0.5) is 0 Å². The summed E-state index contributed by atoms with van der Waals surface area (Å²) in [6.45, 7) is 5.39. The molecular formula is C26H33N3O2. The summed E-state index contributed by atoms with van der Waals surface area (Å²) < 4.78 is 0. The highest BCUT2D eigenvalue weighted by molar-refractivity contribution is 6.00. The molecule has 0 radical (unpaired) electrons. The van der Waals surface area contributed by atoms with E-state index in [9.17, 15) is 9.59 Å². The van der Waals surface area contributed by atoms with E-state index in [-0.39, 0.29) is 11.8 Å². The Morgan fingerprint density at radius 3 is 2.13 bits per heavy atom. The fraction of sp³-hybridized carbons (Fsp3) is 0.462. The smallest absolute Gasteiger partial charge is 0.246 e. The zero-order valence-corrected chi connectivity index (χ0v) is 18.4. The lowest BCUT2D eigenvalue weighted by atomic mass is 9.81. The number of piperidine rings is 1. The minimum Gasteiger partial charge on any atom is -0.342 e. The predicted octanol–water partition coefficient (Wildman–Crippen LogP) is 3.04. The van der Waals surface area contributed by atoms with Crippen molar-refractivity contribution in [3.8, 4) is 0 Å². The number of nitrogens with zero attached hydrogens (tertiary/aromatic N) is 2. The summed E-state index contributed by atoms with van der Waals surface area (Å²) >= 11 is 0. The Morgan fingerprint density at radius 1 is 0.903 bits per heavy atom. The molecule has 2 aliphatic rings. The largest absolute Gasteiger partial charge is 0.342 e. The summed E-state index contributed by atoms with van der Waals surface area (Å²) in [7, 11) is 0. The van der Waals surface area contributed by atoms with E-state index in [4.69, 9.17) is 0 Å². The number of benzene rings is 2. The first-order valence-electron chi connectivity index (χ1n) is 11.5. The summed E-state index contributed by atoms with van der Waals surface area (Å²) in [6, 6.07) is 20.0. The quantitative estimate of drug-likeness (QED) is 0.751. The summed E-state index contributed by atoms with van der Waals surface area (Å²) in [4.78, 5) is 31.1. The van der Waals surface area contributed by atoms with Crippen molar-refractivity contribution in [2.45, 2.75) is 50.6 Å². The van der Waals surface area contributed by atoms with Crippen molar-refractivity contribution in [1.82, 2.24) is 15.1 Å². The molecule has 2 heterocycles. The molecular weight excluding hydrogens is 386 g/mol. The minimum atomic E-state index is -0.691. The molecule has 0 aliphatic carbocycles. The van der Waals surface area contributed by atoms with Crippen LogP contribution >= 0.6 is 0 Å². The molecule has 2 aliphatic heterocycles. The van der Waals surface area contributed by atoms with Crippen LogP contribution in [0.2, 0.25) is 0 Å². The molecule has 164 valence electrons. The molecule has 2 amide bonds. The van der Waals surface area contributed by atoms with Gasteiger partial charge in [0.1, 0.15) is 11.6 Å². The summed E-state index contributed by atoms with van der Waals surface area (Å²) in [5.41, 5.74) is 1.72. The fourth-order valence-electron chi connectivity index (χ4n) is 4.99. The van der Waals surface area contributed by atoms with Crippen molar-refractivity contribution in [1.29, 1.82) is 0 Å². The Hall–Kier alpha value is -2.66. The maximum atomic E-state index is 13.4. The topological polar surface area (TPSA) is 52.7 Å². The van der Waals surface area contributed by atoms with Crippen molar-refractivity contribution in [3.05, 3.63) is 71.8 Å². The average molecular weight is 420 g/mol. The Bertz CT molecular complexity index is 876. The molecule has 0 bridgehead atoms. The van der Waals surface area contributed by atoms with Gasteiger partial charge < -0.3 is 15.1 Å². The van der Waals surface area contributed by atoms with Gasteiger partial charge in [0.25, 0.3) is 0 Å². The van der Waals surface area contributed by atoms with Gasteiger partial charge in [-0.05, 0) is 36.8 Å². The van der Waals surface area contributed by atoms with Crippen LogP contribution in [0.15, 0.2) is 60.7 Å². The first-order chi connectivity index (χ1) is 15.1. The molecule has 2 fully saturated rings. The van der Waals surface area contributed by atoms with Crippen molar-refractivity contribution in [2.75, 3.05) is 26.2 Å². The maximum Gasteiger partial charge on any atom is 0.246 e. The first-order valence-corrected chi connectivity index (χ1v) is 11.5. The number of piperazine rings is 1. The van der Waals surface area contributed by atoms with Gasteiger partial charge in [-0.15, -0.1) is 0 Å². The van der Waals surface area contributed by atoms with Crippen molar-refractivity contribution in [2.24, 2.45) is 0 Å². The van der Waals surface area contributed by atoms with Gasteiger partial charge >= 0.3 is 0 Å². The number of rotatable bonds is 7. The van der Waals surface area contributed by atoms with Gasteiger partial charge in [-0.1, -0.05) is 67.6 Å². The fourth-order valence-corrected chi connectivity index (χ4v) is 4.99. The Labute approximate surface area is 185 Å². The number of hydrogen-bond acceptors (Lipinski definition) is 3. The van der Waals surface area contributed by atoms with Crippen LogP contribution < -0.4 is 5.32 Å². The summed E-state index contributed by atoms with van der Waals surface area (Å²) in [5, 5.41) is 3.09. The molecule has 1 N–H and O–H groups in total. The number of carbonyl (C=O) groups excluding carboxylic acids is 2. The van der Waals surface area contributed by atoms with Gasteiger partial charge in [0.15, 0.2) is 0 Å². The standard InChI is InChI=1S/C26H33N3O2/c1-2-16-29-24(30)23(20-22-11-7-4-8-12-22)27-25(31)26(29)14-18-28(19-15-26)17-13-21-9-5-3-6-10-21/h3-12,23H,2,13-20H2,1H3,(H,27,31). The van der Waals surface area contributed by atoms with E-state index < -0.39 is 11.6 Å². The molecule has 5 heteroatoms. The Balaban J connectivity index is 1.42. The molecule has 2 saturated heterocycles. The lowest BCUT2D eigenvalue weighted by Crippen LogP contribution is -2.73. The van der Waals surface area contributed by atoms with Crippen LogP contribution in [0, 0.1) is 0 Å². The maximum absolute atomic E-state index is 13.4. The molecule has 1 unspecified atom stereocenters. The number of hydrogen-bond donors (Lipinski definition) is 1. The number of nitrogens with one attached hydrogen (secondary N) is 1. The van der Waals surface area contributed by atoms with Crippen LogP contribution in [-0.4, -0.2) is 59.4 Å². The van der Waals surface area contributed by atoms with Gasteiger partial charge in [0, 0.05) is 32.6 Å². The third-order valence-corrected chi connectivity index (χ3v) is 6.78. The molecule has 31 heavy (non-hydrogen) atoms. The molecule has 2 aromatic rings. The minimum absolute atomic E-state index is 0.0317. The third kappa shape index (κ3) is 4.67. The Morgan fingerprint density at radius 2 is 1.52 bits per heavy atom. The predicted molar refractivity (Wildman–Crippen MR) is 123 cm³/mol. The van der Waals surface area contributed by atoms with Crippen molar-refractivity contribution < 1.29 is 9.59 Å². The second-order valence-electron chi connectivity index (χ2n) is 8.81. The molecule has 0 saturated carbocycles. The van der Waals surface area contributed by atoms with Gasteiger partial charge in [0.2, 0.25) is 11.8 Å². The monoisotopic (exact) mass is 419 g/mol. The SMILES string of the molecule is CCCN1C(=O)C(Cc2ccccc2)NC(=O)C12CCN(CCc1ccccc1)CC2. The number of likely N-dealkylation sites (tertiary alicyclic amines) is 1. The zero-order chi connectivity index (χ0) is 21.7. The second-order valence-corrected chi connectivity index (χ2v) is 8.81. The summed E-state index contributed by atoms with van der Waals surface area (Å²) in [5.74, 6) is 0.104. The lowest BCUT2D eigenvalue weighted by molar-refractivity contribution is -0.161. The van der Waals surface area contributed by atoms with Crippen LogP contribution in [0.1, 0.15) is 37.3 Å². The first kappa shape index (κ1) is 21.6. The molecule has 1 spiro atoms. The van der Waals surface area contributed by atoms with Crippen LogP contribution in [0.25, 0.3) is 0 Å². The van der Waals surface area contributed by atoms with Crippen molar-refractivity contribution >= 4 is 11.8 Å². The van der Waals surface area contributed by atoms with Crippen LogP contribution in [0.5, 0.6) is 0 Å². The van der Waals surface area contributed by atoms with Crippen molar-refractivity contribution in [3.63, 3.8) is 0 Å². The number of carbonyl (C=O) groups is 2. The van der Waals surface area contributed by atoms with Gasteiger partial charge in [-0.3, -0.25) is 9.59 Å². The van der Waals surface area contributed by atoms with Gasteiger partial charge in [-0.25, -0.2) is 0 Å². The number of amides is 2. The highest BCUT2D eigenvalue weighted by Gasteiger charge is 2.53. The van der Waals surface area contributed by atoms with E-state index in [1.54, 1.807) is 0 Å². The van der Waals surface area contributed by atoms with E-state index in [2.05, 4.69) is 41.4 Å². The van der Waals surface area contributed by atoms with Gasteiger partial charge in [-0.2, -0.15) is 0 Å². The zero-order valence-electron chi connectivity index (χ0n) is 18.4. The van der Waals surface area contributed by atoms with E-state index >= 15 is 0 Å². The molecule has 1 atom stereocenters. The van der Waals surface area contributed by atoms with E-state index in [1.165, 1.54) is 5.56 Å². The van der Waals surface area contributed by atoms with Gasteiger partial charge in [0.05, 0.1) is 0 Å². The molecule has 4 rings (SSSR count). The third-order valence-electron chi connectivity index (χ3n) is 6.78. The molecule has 0 aromatic heterocycles. The normalized spacial score (nSPS) is 21.3. The average Bonchev–Trinajstić information content (AvgIpc) is 2.81. The van der Waals surface area contributed by atoms with Crippen LogP contribution in [-0.2, 0) is 22.4 Å². The van der Waals surface area contributed by atoms with Crippen LogP contribution in [0.3, 0.4) is 0 Å². The summed E-state index contributed by atoms with van der Waals surface area (Å²) in [6.07, 6.45) is 3.83. The molecule has 2 aromatic carbocycles. The molecule has 5 nitrogen and oxygen atoms in total. The van der Waals surface area contributed by atoms with E-state index in [1.807, 2.05) is 41.3 Å². The second kappa shape index (κ2) is 9.65. The highest BCUT2D eigenvalue weighted by Crippen LogP contribution is 2.33. The van der Waals surface area contributed by atoms with E-state index in [0.29, 0.717) is 25.8 Å². The Kier molecular flexibility index (Phi) is 6.71. The van der Waals surface area contributed by atoms with E-state index in [0.717, 1.165) is 38.0 Å². The lowest BCUT2D eigenvalue weighted by Gasteiger charge is -2.51. The highest BCUT2D eigenvalue weighted by atomic mass is 16.2.